The molecule has 0 aliphatic carbocycles. The third-order valence-electron chi connectivity index (χ3n) is 3.33. The highest BCUT2D eigenvalue weighted by molar-refractivity contribution is 5.37. The van der Waals surface area contributed by atoms with Gasteiger partial charge in [-0.25, -0.2) is 0 Å². The van der Waals surface area contributed by atoms with Gasteiger partial charge in [0.2, 0.25) is 0 Å². The van der Waals surface area contributed by atoms with E-state index in [1.807, 2.05) is 7.05 Å². The van der Waals surface area contributed by atoms with Gasteiger partial charge in [-0.3, -0.25) is 0 Å². The second-order valence-electron chi connectivity index (χ2n) is 5.03. The number of likely N-dealkylation sites (N-methyl/N-ethyl adjacent to an activating group) is 2. The maximum absolute atomic E-state index is 3.19. The van der Waals surface area contributed by atoms with E-state index in [1.54, 1.807) is 0 Å². The zero-order chi connectivity index (χ0) is 12.8. The topological polar surface area (TPSA) is 15.3 Å². The van der Waals surface area contributed by atoms with E-state index in [4.69, 9.17) is 0 Å². The van der Waals surface area contributed by atoms with Gasteiger partial charge in [0.25, 0.3) is 0 Å². The van der Waals surface area contributed by atoms with Crippen LogP contribution in [0.4, 0.5) is 0 Å². The standard InChI is InChI=1S/C15H26N2/c1-12-10-13(2)15(14(3)11-12)6-8-17(5)9-7-16-4/h10-11,16H,6-9H2,1-5H3. The lowest BCUT2D eigenvalue weighted by Gasteiger charge is -2.18. The molecule has 0 atom stereocenters. The Morgan fingerprint density at radius 2 is 1.65 bits per heavy atom. The SMILES string of the molecule is CNCCN(C)CCc1c(C)cc(C)cc1C. The Balaban J connectivity index is 2.57. The van der Waals surface area contributed by atoms with Gasteiger partial charge in [-0.2, -0.15) is 0 Å². The first kappa shape index (κ1) is 14.2. The van der Waals surface area contributed by atoms with Crippen molar-refractivity contribution in [2.75, 3.05) is 33.7 Å². The number of hydrogen-bond donors (Lipinski definition) is 1. The van der Waals surface area contributed by atoms with Crippen molar-refractivity contribution in [1.82, 2.24) is 10.2 Å². The van der Waals surface area contributed by atoms with Crippen LogP contribution in [-0.2, 0) is 6.42 Å². The summed E-state index contributed by atoms with van der Waals surface area (Å²) in [5.41, 5.74) is 5.76. The van der Waals surface area contributed by atoms with Crippen LogP contribution in [0, 0.1) is 20.8 Å². The number of nitrogens with one attached hydrogen (secondary N) is 1. The Labute approximate surface area is 106 Å². The molecule has 0 saturated carbocycles. The van der Waals surface area contributed by atoms with Gasteiger partial charge in [-0.1, -0.05) is 17.7 Å². The number of nitrogens with zero attached hydrogens (tertiary/aromatic N) is 1. The molecule has 96 valence electrons. The number of hydrogen-bond acceptors (Lipinski definition) is 2. The first-order valence-electron chi connectivity index (χ1n) is 6.44. The Morgan fingerprint density at radius 3 is 2.18 bits per heavy atom. The van der Waals surface area contributed by atoms with Crippen LogP contribution in [0.5, 0.6) is 0 Å². The van der Waals surface area contributed by atoms with E-state index in [0.717, 1.165) is 26.1 Å². The van der Waals surface area contributed by atoms with Gasteiger partial charge in [0.15, 0.2) is 0 Å². The van der Waals surface area contributed by atoms with Crippen LogP contribution in [0.25, 0.3) is 0 Å². The molecule has 1 rings (SSSR count). The minimum Gasteiger partial charge on any atom is -0.318 e. The van der Waals surface area contributed by atoms with Crippen molar-refractivity contribution in [2.45, 2.75) is 27.2 Å². The first-order chi connectivity index (χ1) is 8.04. The van der Waals surface area contributed by atoms with Crippen molar-refractivity contribution in [3.05, 3.63) is 34.4 Å². The van der Waals surface area contributed by atoms with Crippen molar-refractivity contribution < 1.29 is 0 Å². The normalized spacial score (nSPS) is 11.2. The highest BCUT2D eigenvalue weighted by Crippen LogP contribution is 2.17. The van der Waals surface area contributed by atoms with E-state index in [0.29, 0.717) is 0 Å². The molecule has 0 aliphatic heterocycles. The largest absolute Gasteiger partial charge is 0.318 e. The summed E-state index contributed by atoms with van der Waals surface area (Å²) in [6.07, 6.45) is 1.15. The van der Waals surface area contributed by atoms with Gasteiger partial charge in [-0.15, -0.1) is 0 Å². The molecule has 0 fully saturated rings. The van der Waals surface area contributed by atoms with Gasteiger partial charge in [-0.05, 0) is 58.0 Å². The maximum Gasteiger partial charge on any atom is 0.0104 e. The Morgan fingerprint density at radius 1 is 1.06 bits per heavy atom. The lowest BCUT2D eigenvalue weighted by Crippen LogP contribution is -2.29. The van der Waals surface area contributed by atoms with Crippen molar-refractivity contribution in [3.63, 3.8) is 0 Å². The van der Waals surface area contributed by atoms with E-state index in [9.17, 15) is 0 Å². The Bertz CT molecular complexity index is 335. The van der Waals surface area contributed by atoms with Crippen molar-refractivity contribution in [3.8, 4) is 0 Å². The summed E-state index contributed by atoms with van der Waals surface area (Å²) in [6, 6.07) is 4.58. The van der Waals surface area contributed by atoms with Gasteiger partial charge in [0.05, 0.1) is 0 Å². The van der Waals surface area contributed by atoms with Crippen molar-refractivity contribution in [2.24, 2.45) is 0 Å². The fraction of sp³-hybridized carbons (Fsp3) is 0.600. The Hall–Kier alpha value is -0.860. The highest BCUT2D eigenvalue weighted by atomic mass is 15.1. The van der Waals surface area contributed by atoms with Gasteiger partial charge in [0, 0.05) is 19.6 Å². The predicted molar refractivity (Wildman–Crippen MR) is 75.8 cm³/mol. The molecule has 0 unspecified atom stereocenters. The fourth-order valence-corrected chi connectivity index (χ4v) is 2.32. The summed E-state index contributed by atoms with van der Waals surface area (Å²) >= 11 is 0. The molecule has 1 N–H and O–H groups in total. The van der Waals surface area contributed by atoms with E-state index >= 15 is 0 Å². The third-order valence-corrected chi connectivity index (χ3v) is 3.33. The fourth-order valence-electron chi connectivity index (χ4n) is 2.32. The van der Waals surface area contributed by atoms with E-state index < -0.39 is 0 Å². The van der Waals surface area contributed by atoms with Crippen LogP contribution < -0.4 is 5.32 Å². The molecule has 1 aromatic carbocycles. The predicted octanol–water partition coefficient (Wildman–Crippen LogP) is 2.31. The second-order valence-corrected chi connectivity index (χ2v) is 5.03. The third kappa shape index (κ3) is 4.49. The Kier molecular flexibility index (Phi) is 5.66. The average molecular weight is 234 g/mol. The molecular formula is C15H26N2. The van der Waals surface area contributed by atoms with E-state index in [1.165, 1.54) is 22.3 Å². The molecule has 2 heteroatoms. The van der Waals surface area contributed by atoms with Crippen LogP contribution in [0.1, 0.15) is 22.3 Å². The van der Waals surface area contributed by atoms with Crippen molar-refractivity contribution >= 4 is 0 Å². The van der Waals surface area contributed by atoms with Gasteiger partial charge in [0.1, 0.15) is 0 Å². The molecule has 17 heavy (non-hydrogen) atoms. The van der Waals surface area contributed by atoms with Crippen LogP contribution in [0.15, 0.2) is 12.1 Å². The highest BCUT2D eigenvalue weighted by Gasteiger charge is 2.05. The number of aryl methyl sites for hydroxylation is 3. The van der Waals surface area contributed by atoms with Crippen LogP contribution in [0.2, 0.25) is 0 Å². The summed E-state index contributed by atoms with van der Waals surface area (Å²) in [5.74, 6) is 0. The van der Waals surface area contributed by atoms with Crippen LogP contribution in [0.3, 0.4) is 0 Å². The van der Waals surface area contributed by atoms with Crippen LogP contribution >= 0.6 is 0 Å². The monoisotopic (exact) mass is 234 g/mol. The summed E-state index contributed by atoms with van der Waals surface area (Å²) in [5, 5.41) is 3.19. The molecule has 0 aliphatic rings. The van der Waals surface area contributed by atoms with Crippen LogP contribution in [-0.4, -0.2) is 38.6 Å². The molecule has 0 spiro atoms. The molecule has 0 saturated heterocycles. The molecule has 0 radical (unpaired) electrons. The molecule has 0 amide bonds. The smallest absolute Gasteiger partial charge is 0.0104 e. The second kappa shape index (κ2) is 6.77. The average Bonchev–Trinajstić information content (AvgIpc) is 2.24. The molecule has 0 aromatic heterocycles. The summed E-state index contributed by atoms with van der Waals surface area (Å²) in [7, 11) is 4.19. The molecule has 0 heterocycles. The van der Waals surface area contributed by atoms with Gasteiger partial charge >= 0.3 is 0 Å². The van der Waals surface area contributed by atoms with Crippen molar-refractivity contribution in [1.29, 1.82) is 0 Å². The summed E-state index contributed by atoms with van der Waals surface area (Å²) in [6.45, 7) is 9.92. The summed E-state index contributed by atoms with van der Waals surface area (Å²) < 4.78 is 0. The quantitative estimate of drug-likeness (QED) is 0.812. The van der Waals surface area contributed by atoms with E-state index in [2.05, 4.69) is 50.2 Å². The molecule has 1 aromatic rings. The first-order valence-corrected chi connectivity index (χ1v) is 6.44. The maximum atomic E-state index is 3.19. The van der Waals surface area contributed by atoms with E-state index in [-0.39, 0.29) is 0 Å². The summed E-state index contributed by atoms with van der Waals surface area (Å²) in [4.78, 5) is 2.38. The lowest BCUT2D eigenvalue weighted by molar-refractivity contribution is 0.339. The molecule has 0 bridgehead atoms. The molecule has 2 nitrogen and oxygen atoms in total. The zero-order valence-electron chi connectivity index (χ0n) is 11.9. The van der Waals surface area contributed by atoms with Gasteiger partial charge < -0.3 is 10.2 Å². The number of benzene rings is 1. The lowest BCUT2D eigenvalue weighted by atomic mass is 9.97. The molecular weight excluding hydrogens is 208 g/mol. The number of rotatable bonds is 6. The minimum atomic E-state index is 1.06. The minimum absolute atomic E-state index is 1.06. The zero-order valence-corrected chi connectivity index (χ0v) is 11.9.